The number of aromatic nitrogens is 6. The first-order valence-corrected chi connectivity index (χ1v) is 11.3. The Morgan fingerprint density at radius 2 is 1.79 bits per heavy atom. The summed E-state index contributed by atoms with van der Waals surface area (Å²) in [7, 11) is 0. The Hall–Kier alpha value is -3.50. The van der Waals surface area contributed by atoms with Crippen LogP contribution in [0.5, 0.6) is 0 Å². The molecule has 5 heterocycles. The number of hydrogen-bond donors (Lipinski definition) is 1. The topological polar surface area (TPSA) is 109 Å². The van der Waals surface area contributed by atoms with Gasteiger partial charge in [0.15, 0.2) is 5.82 Å². The van der Waals surface area contributed by atoms with E-state index in [0.29, 0.717) is 5.82 Å². The molecule has 2 aliphatic heterocycles. The second-order valence-electron chi connectivity index (χ2n) is 8.41. The van der Waals surface area contributed by atoms with Gasteiger partial charge in [-0.2, -0.15) is 5.10 Å². The van der Waals surface area contributed by atoms with Crippen LogP contribution in [0.1, 0.15) is 18.9 Å². The summed E-state index contributed by atoms with van der Waals surface area (Å²) in [5.74, 6) is 0.426. The number of rotatable bonds is 4. The van der Waals surface area contributed by atoms with Crippen molar-refractivity contribution in [1.29, 1.82) is 0 Å². The lowest BCUT2D eigenvalue weighted by Crippen LogP contribution is -2.36. The molecule has 2 saturated heterocycles. The van der Waals surface area contributed by atoms with E-state index in [1.54, 1.807) is 6.20 Å². The van der Waals surface area contributed by atoms with E-state index in [0.717, 1.165) is 80.4 Å². The number of ether oxygens (including phenoxy) is 2. The van der Waals surface area contributed by atoms with Crippen LogP contribution < -0.4 is 10.6 Å². The Labute approximate surface area is 190 Å². The Bertz CT molecular complexity index is 1270. The summed E-state index contributed by atoms with van der Waals surface area (Å²) in [6, 6.07) is 10.9. The zero-order valence-electron chi connectivity index (χ0n) is 18.3. The third-order valence-electron chi connectivity index (χ3n) is 6.49. The van der Waals surface area contributed by atoms with E-state index in [1.807, 2.05) is 9.20 Å². The van der Waals surface area contributed by atoms with Gasteiger partial charge in [-0.05, 0) is 31.0 Å². The fourth-order valence-electron chi connectivity index (χ4n) is 4.79. The van der Waals surface area contributed by atoms with Crippen LogP contribution in [0, 0.1) is 0 Å². The van der Waals surface area contributed by atoms with Crippen LogP contribution in [0.2, 0.25) is 0 Å². The summed E-state index contributed by atoms with van der Waals surface area (Å²) >= 11 is 0. The van der Waals surface area contributed by atoms with Gasteiger partial charge in [0.25, 0.3) is 0 Å². The highest BCUT2D eigenvalue weighted by molar-refractivity contribution is 5.91. The van der Waals surface area contributed by atoms with Crippen LogP contribution in [-0.4, -0.2) is 69.1 Å². The summed E-state index contributed by atoms with van der Waals surface area (Å²) in [4.78, 5) is 6.62. The molecule has 0 amide bonds. The number of anilines is 2. The van der Waals surface area contributed by atoms with Crippen LogP contribution >= 0.6 is 0 Å². The number of benzene rings is 1. The smallest absolute Gasteiger partial charge is 0.152 e. The highest BCUT2D eigenvalue weighted by Gasteiger charge is 2.24. The second-order valence-corrected chi connectivity index (χ2v) is 8.41. The average Bonchev–Trinajstić information content (AvgIpc) is 3.51. The molecular formula is C23H26N8O2. The van der Waals surface area contributed by atoms with Crippen molar-refractivity contribution in [3.63, 3.8) is 0 Å². The second kappa shape index (κ2) is 8.45. The molecule has 0 aliphatic carbocycles. The minimum Gasteiger partial charge on any atom is -0.382 e. The van der Waals surface area contributed by atoms with E-state index >= 15 is 0 Å². The number of hydrogen-bond acceptors (Lipinski definition) is 8. The molecule has 0 radical (unpaired) electrons. The molecule has 4 aromatic rings. The number of morpholine rings is 1. The summed E-state index contributed by atoms with van der Waals surface area (Å²) in [6.45, 7) is 4.71. The molecule has 3 aromatic heterocycles. The fraction of sp³-hybridized carbons (Fsp3) is 0.391. The largest absolute Gasteiger partial charge is 0.382 e. The summed E-state index contributed by atoms with van der Waals surface area (Å²) < 4.78 is 14.9. The predicted molar refractivity (Wildman–Crippen MR) is 124 cm³/mol. The molecule has 2 fully saturated rings. The van der Waals surface area contributed by atoms with Crippen LogP contribution in [0.4, 0.5) is 11.5 Å². The molecule has 0 bridgehead atoms. The lowest BCUT2D eigenvalue weighted by atomic mass is 10.1. The Morgan fingerprint density at radius 3 is 2.64 bits per heavy atom. The minimum atomic E-state index is 0.241. The van der Waals surface area contributed by atoms with E-state index in [4.69, 9.17) is 15.2 Å². The van der Waals surface area contributed by atoms with E-state index in [9.17, 15) is 0 Å². The molecule has 1 aromatic carbocycles. The molecular weight excluding hydrogens is 420 g/mol. The fourth-order valence-corrected chi connectivity index (χ4v) is 4.79. The number of nitrogens with zero attached hydrogens (tertiary/aromatic N) is 7. The van der Waals surface area contributed by atoms with Crippen molar-refractivity contribution < 1.29 is 9.47 Å². The lowest BCUT2D eigenvalue weighted by molar-refractivity contribution is 0.0662. The highest BCUT2D eigenvalue weighted by Crippen LogP contribution is 2.37. The van der Waals surface area contributed by atoms with Crippen molar-refractivity contribution in [2.45, 2.75) is 18.9 Å². The van der Waals surface area contributed by atoms with Gasteiger partial charge >= 0.3 is 0 Å². The molecule has 170 valence electrons. The van der Waals surface area contributed by atoms with Crippen molar-refractivity contribution in [2.24, 2.45) is 0 Å². The number of nitrogen functional groups attached to an aromatic ring is 1. The third kappa shape index (κ3) is 3.61. The van der Waals surface area contributed by atoms with Crippen molar-refractivity contribution in [3.05, 3.63) is 42.9 Å². The van der Waals surface area contributed by atoms with Gasteiger partial charge in [-0.3, -0.25) is 0 Å². The van der Waals surface area contributed by atoms with Crippen molar-refractivity contribution in [2.75, 3.05) is 50.2 Å². The molecule has 33 heavy (non-hydrogen) atoms. The first kappa shape index (κ1) is 20.1. The molecule has 6 rings (SSSR count). The van der Waals surface area contributed by atoms with Gasteiger partial charge in [0, 0.05) is 43.1 Å². The van der Waals surface area contributed by atoms with Gasteiger partial charge in [-0.1, -0.05) is 17.3 Å². The SMILES string of the molecule is Nc1ncnn2c(-c3cccc(N4CCOCC4)c3)cc(-c3cnnn3C3CCOCC3)c12. The lowest BCUT2D eigenvalue weighted by Gasteiger charge is -2.29. The maximum Gasteiger partial charge on any atom is 0.152 e. The first-order valence-electron chi connectivity index (χ1n) is 11.3. The molecule has 0 unspecified atom stereocenters. The highest BCUT2D eigenvalue weighted by atomic mass is 16.5. The average molecular weight is 447 g/mol. The monoisotopic (exact) mass is 446 g/mol. The maximum atomic E-state index is 6.37. The predicted octanol–water partition coefficient (Wildman–Crippen LogP) is 2.43. The summed E-state index contributed by atoms with van der Waals surface area (Å²) in [5, 5.41) is 13.2. The molecule has 0 saturated carbocycles. The zero-order chi connectivity index (χ0) is 22.2. The Morgan fingerprint density at radius 1 is 0.970 bits per heavy atom. The van der Waals surface area contributed by atoms with Crippen molar-refractivity contribution in [1.82, 2.24) is 29.6 Å². The van der Waals surface area contributed by atoms with Gasteiger partial charge in [0.05, 0.1) is 36.8 Å². The van der Waals surface area contributed by atoms with Gasteiger partial charge in [0.2, 0.25) is 0 Å². The number of nitrogens with two attached hydrogens (primary N) is 1. The molecule has 2 N–H and O–H groups in total. The molecule has 0 spiro atoms. The normalized spacial score (nSPS) is 17.6. The van der Waals surface area contributed by atoms with E-state index in [1.165, 1.54) is 12.0 Å². The molecule has 0 atom stereocenters. The zero-order valence-corrected chi connectivity index (χ0v) is 18.3. The van der Waals surface area contributed by atoms with Gasteiger partial charge in [-0.25, -0.2) is 14.2 Å². The van der Waals surface area contributed by atoms with E-state index < -0.39 is 0 Å². The molecule has 10 nitrogen and oxygen atoms in total. The van der Waals surface area contributed by atoms with Crippen LogP contribution in [0.15, 0.2) is 42.9 Å². The summed E-state index contributed by atoms with van der Waals surface area (Å²) in [6.07, 6.45) is 5.10. The van der Waals surface area contributed by atoms with Crippen LogP contribution in [-0.2, 0) is 9.47 Å². The Kier molecular flexibility index (Phi) is 5.16. The van der Waals surface area contributed by atoms with Gasteiger partial charge in [0.1, 0.15) is 11.8 Å². The third-order valence-corrected chi connectivity index (χ3v) is 6.49. The first-order chi connectivity index (χ1) is 16.3. The minimum absolute atomic E-state index is 0.241. The van der Waals surface area contributed by atoms with Crippen molar-refractivity contribution >= 4 is 17.0 Å². The Balaban J connectivity index is 1.47. The van der Waals surface area contributed by atoms with E-state index in [2.05, 4.69) is 55.6 Å². The maximum absolute atomic E-state index is 6.37. The quantitative estimate of drug-likeness (QED) is 0.509. The van der Waals surface area contributed by atoms with Crippen LogP contribution in [0.25, 0.3) is 28.0 Å². The van der Waals surface area contributed by atoms with E-state index in [-0.39, 0.29) is 6.04 Å². The van der Waals surface area contributed by atoms with Gasteiger partial charge in [-0.15, -0.1) is 5.10 Å². The summed E-state index contributed by atoms with van der Waals surface area (Å²) in [5.41, 5.74) is 12.1. The molecule has 2 aliphatic rings. The molecule has 10 heteroatoms. The van der Waals surface area contributed by atoms with Gasteiger partial charge < -0.3 is 20.1 Å². The number of fused-ring (bicyclic) bond motifs is 1. The van der Waals surface area contributed by atoms with Crippen molar-refractivity contribution in [3.8, 4) is 22.5 Å². The van der Waals surface area contributed by atoms with Crippen LogP contribution in [0.3, 0.4) is 0 Å². The standard InChI is InChI=1S/C23H26N8O2/c24-23-22-19(21-14-26-28-30(21)17-4-8-32-9-5-17)13-20(31(22)27-15-25-23)16-2-1-3-18(12-16)29-6-10-33-11-7-29/h1-3,12-15,17H,4-11H2,(H2,24,25,27).